The first-order valence-corrected chi connectivity index (χ1v) is 4.75. The Morgan fingerprint density at radius 2 is 2.12 bits per heavy atom. The van der Waals surface area contributed by atoms with Crippen molar-refractivity contribution in [3.05, 3.63) is 27.4 Å². The molecule has 0 saturated heterocycles. The second-order valence-electron chi connectivity index (χ2n) is 3.00. The van der Waals surface area contributed by atoms with Gasteiger partial charge in [0.25, 0.3) is 5.69 Å². The fraction of sp³-hybridized carbons (Fsp3) is 0.375. The van der Waals surface area contributed by atoms with Gasteiger partial charge >= 0.3 is 0 Å². The number of rotatable bonds is 5. The van der Waals surface area contributed by atoms with Gasteiger partial charge in [-0.2, -0.15) is 0 Å². The van der Waals surface area contributed by atoms with E-state index in [1.54, 1.807) is 0 Å². The standard InChI is InChI=1S/C8H10ClN3O4/c9-7-1-6(12(15)16)2-8(11-7)10-5(3-13)4-14/h1-2,5,13-14H,3-4H2,(H,10,11). The molecule has 0 aliphatic rings. The molecule has 0 aromatic carbocycles. The number of halogens is 1. The summed E-state index contributed by atoms with van der Waals surface area (Å²) in [6, 6.07) is 1.65. The number of aliphatic hydroxyl groups excluding tert-OH is 2. The van der Waals surface area contributed by atoms with E-state index in [9.17, 15) is 10.1 Å². The number of nitrogens with zero attached hydrogens (tertiary/aromatic N) is 2. The monoisotopic (exact) mass is 247 g/mol. The Labute approximate surface area is 95.8 Å². The summed E-state index contributed by atoms with van der Waals surface area (Å²) in [5.74, 6) is 0.132. The Balaban J connectivity index is 2.91. The average Bonchev–Trinajstić information content (AvgIpc) is 2.25. The molecule has 0 aliphatic heterocycles. The van der Waals surface area contributed by atoms with Crippen LogP contribution in [0.5, 0.6) is 0 Å². The molecule has 0 amide bonds. The van der Waals surface area contributed by atoms with Crippen LogP contribution in [0.15, 0.2) is 12.1 Å². The Morgan fingerprint density at radius 1 is 1.50 bits per heavy atom. The summed E-state index contributed by atoms with van der Waals surface area (Å²) in [6.45, 7) is -0.642. The highest BCUT2D eigenvalue weighted by Gasteiger charge is 2.12. The van der Waals surface area contributed by atoms with E-state index in [1.807, 2.05) is 0 Å². The van der Waals surface area contributed by atoms with Crippen molar-refractivity contribution in [1.29, 1.82) is 0 Å². The number of anilines is 1. The molecule has 88 valence electrons. The molecule has 0 unspecified atom stereocenters. The van der Waals surface area contributed by atoms with Crippen molar-refractivity contribution in [2.24, 2.45) is 0 Å². The number of nitrogens with one attached hydrogen (secondary N) is 1. The zero-order valence-corrected chi connectivity index (χ0v) is 8.89. The van der Waals surface area contributed by atoms with Crippen molar-refractivity contribution < 1.29 is 15.1 Å². The van der Waals surface area contributed by atoms with E-state index in [2.05, 4.69) is 10.3 Å². The minimum absolute atomic E-state index is 0.0358. The first kappa shape index (κ1) is 12.6. The zero-order chi connectivity index (χ0) is 12.1. The summed E-state index contributed by atoms with van der Waals surface area (Å²) < 4.78 is 0. The minimum atomic E-state index is -0.634. The summed E-state index contributed by atoms with van der Waals surface area (Å²) >= 11 is 5.58. The zero-order valence-electron chi connectivity index (χ0n) is 8.13. The SMILES string of the molecule is O=[N+]([O-])c1cc(Cl)nc(NC(CO)CO)c1. The van der Waals surface area contributed by atoms with E-state index in [0.717, 1.165) is 6.07 Å². The summed E-state index contributed by atoms with van der Waals surface area (Å²) in [7, 11) is 0. The highest BCUT2D eigenvalue weighted by Crippen LogP contribution is 2.20. The van der Waals surface area contributed by atoms with Crippen LogP contribution in [0.4, 0.5) is 11.5 Å². The van der Waals surface area contributed by atoms with Gasteiger partial charge in [-0.3, -0.25) is 10.1 Å². The molecule has 0 bridgehead atoms. The van der Waals surface area contributed by atoms with Crippen molar-refractivity contribution in [2.75, 3.05) is 18.5 Å². The van der Waals surface area contributed by atoms with Crippen molar-refractivity contribution in [3.63, 3.8) is 0 Å². The molecule has 8 heteroatoms. The van der Waals surface area contributed by atoms with E-state index < -0.39 is 11.0 Å². The number of hydrogen-bond acceptors (Lipinski definition) is 6. The predicted molar refractivity (Wildman–Crippen MR) is 57.5 cm³/mol. The maximum atomic E-state index is 10.5. The molecule has 1 aromatic heterocycles. The Kier molecular flexibility index (Phi) is 4.41. The highest BCUT2D eigenvalue weighted by atomic mass is 35.5. The Bertz CT molecular complexity index is 384. The Hall–Kier alpha value is -1.44. The van der Waals surface area contributed by atoms with Crippen molar-refractivity contribution in [1.82, 2.24) is 4.98 Å². The third kappa shape index (κ3) is 3.30. The van der Waals surface area contributed by atoms with E-state index in [1.165, 1.54) is 6.07 Å². The number of nitro groups is 1. The summed E-state index contributed by atoms with van der Waals surface area (Å²) in [6.07, 6.45) is 0. The quantitative estimate of drug-likeness (QED) is 0.395. The molecule has 7 nitrogen and oxygen atoms in total. The number of aliphatic hydroxyl groups is 2. The van der Waals surface area contributed by atoms with Crippen molar-refractivity contribution in [3.8, 4) is 0 Å². The van der Waals surface area contributed by atoms with Crippen LogP contribution >= 0.6 is 11.6 Å². The van der Waals surface area contributed by atoms with Gasteiger partial charge in [-0.15, -0.1) is 0 Å². The molecule has 0 spiro atoms. The molecule has 0 radical (unpaired) electrons. The second kappa shape index (κ2) is 5.59. The summed E-state index contributed by atoms with van der Waals surface area (Å²) in [5, 5.41) is 30.7. The lowest BCUT2D eigenvalue weighted by Gasteiger charge is -2.13. The normalized spacial score (nSPS) is 10.5. The van der Waals surface area contributed by atoms with Gasteiger partial charge in [0, 0.05) is 0 Å². The van der Waals surface area contributed by atoms with Crippen LogP contribution < -0.4 is 5.32 Å². The molecule has 1 heterocycles. The first-order valence-electron chi connectivity index (χ1n) is 4.37. The molecule has 16 heavy (non-hydrogen) atoms. The Morgan fingerprint density at radius 3 is 2.62 bits per heavy atom. The van der Waals surface area contributed by atoms with Crippen LogP contribution in [-0.2, 0) is 0 Å². The van der Waals surface area contributed by atoms with Crippen LogP contribution in [0.1, 0.15) is 0 Å². The van der Waals surface area contributed by atoms with Gasteiger partial charge in [-0.25, -0.2) is 4.98 Å². The lowest BCUT2D eigenvalue weighted by Crippen LogP contribution is -2.28. The average molecular weight is 248 g/mol. The number of pyridine rings is 1. The minimum Gasteiger partial charge on any atom is -0.394 e. The fourth-order valence-corrected chi connectivity index (χ4v) is 1.22. The summed E-state index contributed by atoms with van der Waals surface area (Å²) in [4.78, 5) is 13.7. The maximum absolute atomic E-state index is 10.5. The van der Waals surface area contributed by atoms with E-state index in [-0.39, 0.29) is 29.9 Å². The number of aromatic nitrogens is 1. The fourth-order valence-electron chi connectivity index (χ4n) is 1.02. The van der Waals surface area contributed by atoms with Crippen LogP contribution in [0, 0.1) is 10.1 Å². The van der Waals surface area contributed by atoms with Gasteiger partial charge in [0.1, 0.15) is 11.0 Å². The molecule has 0 atom stereocenters. The van der Waals surface area contributed by atoms with Gasteiger partial charge in [0.05, 0.1) is 36.3 Å². The van der Waals surface area contributed by atoms with E-state index in [0.29, 0.717) is 0 Å². The van der Waals surface area contributed by atoms with Crippen molar-refractivity contribution >= 4 is 23.1 Å². The van der Waals surface area contributed by atoms with Crippen LogP contribution in [-0.4, -0.2) is 39.4 Å². The third-order valence-electron chi connectivity index (χ3n) is 1.78. The number of hydrogen-bond donors (Lipinski definition) is 3. The molecular formula is C8H10ClN3O4. The van der Waals surface area contributed by atoms with Gasteiger partial charge in [-0.05, 0) is 0 Å². The predicted octanol–water partition coefficient (Wildman–Crippen LogP) is 0.408. The van der Waals surface area contributed by atoms with Crippen molar-refractivity contribution in [2.45, 2.75) is 6.04 Å². The smallest absolute Gasteiger partial charge is 0.276 e. The maximum Gasteiger partial charge on any atom is 0.276 e. The molecule has 1 aromatic rings. The molecule has 3 N–H and O–H groups in total. The van der Waals surface area contributed by atoms with E-state index in [4.69, 9.17) is 21.8 Å². The van der Waals surface area contributed by atoms with Crippen LogP contribution in [0.3, 0.4) is 0 Å². The third-order valence-corrected chi connectivity index (χ3v) is 1.98. The lowest BCUT2D eigenvalue weighted by atomic mass is 10.3. The van der Waals surface area contributed by atoms with Gasteiger partial charge in [0.2, 0.25) is 0 Å². The van der Waals surface area contributed by atoms with Gasteiger partial charge in [-0.1, -0.05) is 11.6 Å². The molecule has 0 fully saturated rings. The lowest BCUT2D eigenvalue weighted by molar-refractivity contribution is -0.384. The topological polar surface area (TPSA) is 109 Å². The molecule has 0 aliphatic carbocycles. The summed E-state index contributed by atoms with van der Waals surface area (Å²) in [5.41, 5.74) is -0.211. The molecule has 0 saturated carbocycles. The molecule has 1 rings (SSSR count). The van der Waals surface area contributed by atoms with Crippen LogP contribution in [0.2, 0.25) is 5.15 Å². The van der Waals surface area contributed by atoms with Crippen LogP contribution in [0.25, 0.3) is 0 Å². The second-order valence-corrected chi connectivity index (χ2v) is 3.38. The van der Waals surface area contributed by atoms with Gasteiger partial charge < -0.3 is 15.5 Å². The highest BCUT2D eigenvalue weighted by molar-refractivity contribution is 6.29. The molecular weight excluding hydrogens is 238 g/mol. The largest absolute Gasteiger partial charge is 0.394 e. The van der Waals surface area contributed by atoms with E-state index >= 15 is 0 Å². The van der Waals surface area contributed by atoms with Gasteiger partial charge in [0.15, 0.2) is 0 Å². The first-order chi connectivity index (χ1) is 7.56.